The van der Waals surface area contributed by atoms with Crippen LogP contribution in [0.15, 0.2) is 53.4 Å². The number of carbonyl (C=O) groups excluding carboxylic acids is 1. The Morgan fingerprint density at radius 2 is 1.93 bits per heavy atom. The van der Waals surface area contributed by atoms with Crippen LogP contribution in [0.2, 0.25) is 0 Å². The monoisotopic (exact) mass is 393 g/mol. The van der Waals surface area contributed by atoms with E-state index in [0.29, 0.717) is 25.1 Å². The molecule has 0 saturated carbocycles. The summed E-state index contributed by atoms with van der Waals surface area (Å²) in [7, 11) is 0. The predicted molar refractivity (Wildman–Crippen MR) is 105 cm³/mol. The fourth-order valence-electron chi connectivity index (χ4n) is 3.74. The summed E-state index contributed by atoms with van der Waals surface area (Å²) in [4.78, 5) is 21.8. The SMILES string of the molecule is O=C(N1CC(=Cc2ccc3nc[nH]c3c2)C1)N1N=CC[C@H]1c1cc(F)cc(F)c1. The van der Waals surface area contributed by atoms with E-state index in [1.807, 2.05) is 18.2 Å². The van der Waals surface area contributed by atoms with Crippen molar-refractivity contribution in [2.45, 2.75) is 12.5 Å². The van der Waals surface area contributed by atoms with Gasteiger partial charge in [-0.3, -0.25) is 0 Å². The predicted octanol–water partition coefficient (Wildman–Crippen LogP) is 4.09. The first-order chi connectivity index (χ1) is 14.1. The Balaban J connectivity index is 1.28. The molecule has 146 valence electrons. The molecule has 6 nitrogen and oxygen atoms in total. The minimum absolute atomic E-state index is 0.269. The van der Waals surface area contributed by atoms with Crippen LogP contribution in [0.3, 0.4) is 0 Å². The Morgan fingerprint density at radius 1 is 1.14 bits per heavy atom. The molecular formula is C21H17F2N5O. The molecule has 1 atom stereocenters. The molecule has 0 spiro atoms. The van der Waals surface area contributed by atoms with Crippen LogP contribution in [0.4, 0.5) is 13.6 Å². The van der Waals surface area contributed by atoms with Gasteiger partial charge in [0.1, 0.15) is 11.6 Å². The molecule has 2 amide bonds. The fraction of sp³-hybridized carbons (Fsp3) is 0.190. The van der Waals surface area contributed by atoms with Crippen LogP contribution in [-0.4, -0.2) is 45.2 Å². The van der Waals surface area contributed by atoms with E-state index < -0.39 is 17.7 Å². The molecule has 2 aliphatic heterocycles. The molecule has 0 radical (unpaired) electrons. The number of carbonyl (C=O) groups is 1. The molecule has 0 unspecified atom stereocenters. The lowest BCUT2D eigenvalue weighted by Gasteiger charge is -2.37. The summed E-state index contributed by atoms with van der Waals surface area (Å²) in [6, 6.07) is 8.49. The number of imidazole rings is 1. The van der Waals surface area contributed by atoms with Crippen molar-refractivity contribution < 1.29 is 13.6 Å². The number of amides is 2. The first-order valence-electron chi connectivity index (χ1n) is 9.26. The number of aromatic amines is 1. The average Bonchev–Trinajstić information content (AvgIpc) is 3.31. The summed E-state index contributed by atoms with van der Waals surface area (Å²) in [6.45, 7) is 0.992. The molecular weight excluding hydrogens is 376 g/mol. The van der Waals surface area contributed by atoms with Crippen molar-refractivity contribution in [1.82, 2.24) is 19.9 Å². The molecule has 0 bridgehead atoms. The number of nitrogens with one attached hydrogen (secondary N) is 1. The maximum atomic E-state index is 13.6. The lowest BCUT2D eigenvalue weighted by Crippen LogP contribution is -2.49. The molecule has 1 saturated heterocycles. The van der Waals surface area contributed by atoms with Crippen LogP contribution in [0.25, 0.3) is 17.1 Å². The number of nitrogens with zero attached hydrogens (tertiary/aromatic N) is 4. The molecule has 1 fully saturated rings. The number of rotatable bonds is 2. The molecule has 1 aromatic heterocycles. The number of fused-ring (bicyclic) bond motifs is 1. The van der Waals surface area contributed by atoms with Crippen molar-refractivity contribution >= 4 is 29.4 Å². The van der Waals surface area contributed by atoms with Crippen LogP contribution in [-0.2, 0) is 0 Å². The van der Waals surface area contributed by atoms with Gasteiger partial charge in [-0.15, -0.1) is 0 Å². The second-order valence-electron chi connectivity index (χ2n) is 7.22. The van der Waals surface area contributed by atoms with Gasteiger partial charge in [0, 0.05) is 31.8 Å². The summed E-state index contributed by atoms with van der Waals surface area (Å²) in [5.74, 6) is -1.33. The second kappa shape index (κ2) is 6.80. The highest BCUT2D eigenvalue weighted by Gasteiger charge is 2.35. The van der Waals surface area contributed by atoms with Gasteiger partial charge in [-0.2, -0.15) is 5.10 Å². The lowest BCUT2D eigenvalue weighted by molar-refractivity contribution is 0.136. The number of aromatic nitrogens is 2. The van der Waals surface area contributed by atoms with Gasteiger partial charge in [-0.25, -0.2) is 23.6 Å². The Labute approximate surface area is 165 Å². The third-order valence-corrected chi connectivity index (χ3v) is 5.17. The fourth-order valence-corrected chi connectivity index (χ4v) is 3.74. The minimum Gasteiger partial charge on any atom is -0.345 e. The molecule has 3 aromatic rings. The number of H-pyrrole nitrogens is 1. The van der Waals surface area contributed by atoms with Crippen molar-refractivity contribution in [2.75, 3.05) is 13.1 Å². The standard InChI is InChI=1S/C21H17F2N5O/c22-16-7-15(8-17(23)9-16)20-3-4-26-28(20)21(29)27-10-14(11-27)5-13-1-2-18-19(6-13)25-12-24-18/h1-2,4-9,12,20H,3,10-11H2,(H,24,25)/t20-/m0/s1. The van der Waals surface area contributed by atoms with E-state index in [9.17, 15) is 13.6 Å². The number of halogens is 2. The van der Waals surface area contributed by atoms with Crippen LogP contribution < -0.4 is 0 Å². The number of urea groups is 1. The van der Waals surface area contributed by atoms with Crippen molar-refractivity contribution in [1.29, 1.82) is 0 Å². The Morgan fingerprint density at radius 3 is 2.72 bits per heavy atom. The zero-order valence-electron chi connectivity index (χ0n) is 15.3. The van der Waals surface area contributed by atoms with E-state index in [0.717, 1.165) is 28.2 Å². The van der Waals surface area contributed by atoms with Gasteiger partial charge in [0.25, 0.3) is 0 Å². The normalized spacial score (nSPS) is 18.4. The van der Waals surface area contributed by atoms with Gasteiger partial charge in [0.15, 0.2) is 0 Å². The summed E-state index contributed by atoms with van der Waals surface area (Å²) in [5.41, 5.74) is 4.43. The zero-order valence-corrected chi connectivity index (χ0v) is 15.3. The van der Waals surface area contributed by atoms with Crippen molar-refractivity contribution in [2.24, 2.45) is 5.10 Å². The number of hydrogen-bond acceptors (Lipinski definition) is 3. The highest BCUT2D eigenvalue weighted by atomic mass is 19.1. The molecule has 8 heteroatoms. The summed E-state index contributed by atoms with van der Waals surface area (Å²) >= 11 is 0. The highest BCUT2D eigenvalue weighted by molar-refractivity contribution is 5.82. The first-order valence-corrected chi connectivity index (χ1v) is 9.26. The summed E-state index contributed by atoms with van der Waals surface area (Å²) < 4.78 is 27.1. The van der Waals surface area contributed by atoms with Gasteiger partial charge in [-0.05, 0) is 41.0 Å². The largest absolute Gasteiger partial charge is 0.345 e. The van der Waals surface area contributed by atoms with E-state index in [2.05, 4.69) is 21.1 Å². The van der Waals surface area contributed by atoms with Gasteiger partial charge in [0.2, 0.25) is 0 Å². The third-order valence-electron chi connectivity index (χ3n) is 5.17. The summed E-state index contributed by atoms with van der Waals surface area (Å²) in [5, 5.41) is 5.44. The number of hydrazone groups is 1. The minimum atomic E-state index is -0.664. The van der Waals surface area contributed by atoms with Crippen molar-refractivity contribution in [3.8, 4) is 0 Å². The van der Waals surface area contributed by atoms with E-state index in [4.69, 9.17) is 0 Å². The molecule has 2 aliphatic rings. The molecule has 3 heterocycles. The Hall–Kier alpha value is -3.55. The molecule has 1 N–H and O–H groups in total. The number of benzene rings is 2. The highest BCUT2D eigenvalue weighted by Crippen LogP contribution is 2.32. The quantitative estimate of drug-likeness (QED) is 0.713. The van der Waals surface area contributed by atoms with Gasteiger partial charge >= 0.3 is 6.03 Å². The Bertz CT molecular complexity index is 1140. The van der Waals surface area contributed by atoms with E-state index in [1.165, 1.54) is 17.1 Å². The van der Waals surface area contributed by atoms with Crippen LogP contribution in [0.5, 0.6) is 0 Å². The van der Waals surface area contributed by atoms with Gasteiger partial charge in [-0.1, -0.05) is 12.1 Å². The van der Waals surface area contributed by atoms with Crippen LogP contribution in [0.1, 0.15) is 23.6 Å². The van der Waals surface area contributed by atoms with Crippen molar-refractivity contribution in [3.63, 3.8) is 0 Å². The number of likely N-dealkylation sites (tertiary alicyclic amines) is 1. The van der Waals surface area contributed by atoms with E-state index in [-0.39, 0.29) is 6.03 Å². The molecule has 2 aromatic carbocycles. The molecule has 0 aliphatic carbocycles. The van der Waals surface area contributed by atoms with Crippen LogP contribution >= 0.6 is 0 Å². The average molecular weight is 393 g/mol. The van der Waals surface area contributed by atoms with Crippen LogP contribution in [0, 0.1) is 11.6 Å². The molecule has 29 heavy (non-hydrogen) atoms. The zero-order chi connectivity index (χ0) is 20.0. The topological polar surface area (TPSA) is 64.6 Å². The second-order valence-corrected chi connectivity index (χ2v) is 7.22. The lowest BCUT2D eigenvalue weighted by atomic mass is 10.0. The maximum absolute atomic E-state index is 13.6. The smallest absolute Gasteiger partial charge is 0.341 e. The van der Waals surface area contributed by atoms with Crippen molar-refractivity contribution in [3.05, 3.63) is 71.1 Å². The third kappa shape index (κ3) is 3.26. The first kappa shape index (κ1) is 17.5. The molecule has 5 rings (SSSR count). The maximum Gasteiger partial charge on any atom is 0.341 e. The Kier molecular flexibility index (Phi) is 4.12. The summed E-state index contributed by atoms with van der Waals surface area (Å²) in [6.07, 6.45) is 5.73. The van der Waals surface area contributed by atoms with Gasteiger partial charge < -0.3 is 9.88 Å². The van der Waals surface area contributed by atoms with Gasteiger partial charge in [0.05, 0.1) is 23.4 Å². The van der Waals surface area contributed by atoms with E-state index in [1.54, 1.807) is 17.4 Å². The number of hydrogen-bond donors (Lipinski definition) is 1. The van der Waals surface area contributed by atoms with E-state index >= 15 is 0 Å².